The average Bonchev–Trinajstić information content (AvgIpc) is 2.67. The van der Waals surface area contributed by atoms with Gasteiger partial charge in [-0.3, -0.25) is 4.79 Å². The van der Waals surface area contributed by atoms with Crippen LogP contribution < -0.4 is 10.2 Å². The van der Waals surface area contributed by atoms with Gasteiger partial charge in [-0.1, -0.05) is 6.92 Å². The Bertz CT molecular complexity index is 787. The van der Waals surface area contributed by atoms with E-state index in [4.69, 9.17) is 11.6 Å². The third-order valence-corrected chi connectivity index (χ3v) is 8.56. The Morgan fingerprint density at radius 3 is 2.41 bits per heavy atom. The van der Waals surface area contributed by atoms with Crippen LogP contribution in [0.3, 0.4) is 0 Å². The second-order valence-corrected chi connectivity index (χ2v) is 11.1. The van der Waals surface area contributed by atoms with Crippen LogP contribution >= 0.6 is 11.6 Å². The van der Waals surface area contributed by atoms with Crippen LogP contribution in [0.15, 0.2) is 18.2 Å². The maximum absolute atomic E-state index is 13.4. The van der Waals surface area contributed by atoms with Crippen molar-refractivity contribution >= 4 is 28.9 Å². The standard InChI is InChI=1S/C24H34ClN3O/c1-3-27-6-8-28(9-7-27)20-4-5-21(17(2)10-20)26-22(29)23-12-18-11-19(13-23)15-24(25,14-18)16-23/h4-5,10,18-19H,3,6-9,11-16H2,1-2H3,(H,26,29). The Labute approximate surface area is 180 Å². The number of benzene rings is 1. The molecule has 4 aliphatic carbocycles. The number of alkyl halides is 1. The van der Waals surface area contributed by atoms with Gasteiger partial charge in [0.15, 0.2) is 0 Å². The molecule has 1 aliphatic heterocycles. The van der Waals surface area contributed by atoms with Crippen molar-refractivity contribution < 1.29 is 4.79 Å². The summed E-state index contributed by atoms with van der Waals surface area (Å²) < 4.78 is 0. The Morgan fingerprint density at radius 2 is 1.83 bits per heavy atom. The second-order valence-electron chi connectivity index (χ2n) is 10.3. The third kappa shape index (κ3) is 3.57. The lowest BCUT2D eigenvalue weighted by Crippen LogP contribution is -2.57. The molecule has 1 aromatic carbocycles. The van der Waals surface area contributed by atoms with Gasteiger partial charge in [0.05, 0.1) is 5.41 Å². The summed E-state index contributed by atoms with van der Waals surface area (Å²) in [4.78, 5) is 18.3. The quantitative estimate of drug-likeness (QED) is 0.727. The molecule has 1 heterocycles. The summed E-state index contributed by atoms with van der Waals surface area (Å²) in [5.41, 5.74) is 3.14. The molecule has 5 fully saturated rings. The zero-order chi connectivity index (χ0) is 20.2. The zero-order valence-corrected chi connectivity index (χ0v) is 18.6. The summed E-state index contributed by atoms with van der Waals surface area (Å²) in [6.07, 6.45) is 6.42. The van der Waals surface area contributed by atoms with E-state index < -0.39 is 0 Å². The first kappa shape index (κ1) is 19.7. The van der Waals surface area contributed by atoms with Crippen molar-refractivity contribution in [2.45, 2.75) is 57.2 Å². The molecule has 1 amide bonds. The molecule has 6 rings (SSSR count). The first-order chi connectivity index (χ1) is 13.9. The molecule has 4 saturated carbocycles. The van der Waals surface area contributed by atoms with Crippen molar-refractivity contribution in [2.75, 3.05) is 42.9 Å². The number of rotatable bonds is 4. The molecule has 5 heteroatoms. The number of halogens is 1. The minimum Gasteiger partial charge on any atom is -0.369 e. The van der Waals surface area contributed by atoms with E-state index in [1.165, 1.54) is 12.1 Å². The summed E-state index contributed by atoms with van der Waals surface area (Å²) in [7, 11) is 0. The second kappa shape index (κ2) is 7.16. The first-order valence-corrected chi connectivity index (χ1v) is 11.8. The maximum Gasteiger partial charge on any atom is 0.230 e. The van der Waals surface area contributed by atoms with Crippen molar-refractivity contribution in [2.24, 2.45) is 17.3 Å². The van der Waals surface area contributed by atoms with Gasteiger partial charge in [-0.15, -0.1) is 11.6 Å². The third-order valence-electron chi connectivity index (χ3n) is 8.11. The number of likely N-dealkylation sites (N-methyl/N-ethyl adjacent to an activating group) is 1. The minimum atomic E-state index is -0.243. The van der Waals surface area contributed by atoms with Crippen molar-refractivity contribution in [3.63, 3.8) is 0 Å². The Balaban J connectivity index is 1.29. The molecule has 4 nitrogen and oxygen atoms in total. The normalized spacial score (nSPS) is 36.4. The number of carbonyl (C=O) groups excluding carboxylic acids is 1. The van der Waals surface area contributed by atoms with Crippen LogP contribution in [-0.4, -0.2) is 48.4 Å². The molecule has 29 heavy (non-hydrogen) atoms. The number of nitrogens with zero attached hydrogens (tertiary/aromatic N) is 2. The van der Waals surface area contributed by atoms with Crippen LogP contribution in [0.25, 0.3) is 0 Å². The average molecular weight is 416 g/mol. The van der Waals surface area contributed by atoms with Gasteiger partial charge in [0, 0.05) is 42.4 Å². The van der Waals surface area contributed by atoms with Gasteiger partial charge in [-0.2, -0.15) is 0 Å². The number of nitrogens with one attached hydrogen (secondary N) is 1. The molecule has 1 aromatic rings. The monoisotopic (exact) mass is 415 g/mol. The Morgan fingerprint density at radius 1 is 1.14 bits per heavy atom. The summed E-state index contributed by atoms with van der Waals surface area (Å²) >= 11 is 6.94. The van der Waals surface area contributed by atoms with E-state index in [0.717, 1.165) is 76.1 Å². The topological polar surface area (TPSA) is 35.6 Å². The Hall–Kier alpha value is -1.26. The molecule has 0 radical (unpaired) electrons. The maximum atomic E-state index is 13.4. The lowest BCUT2D eigenvalue weighted by atomic mass is 9.49. The SMILES string of the molecule is CCN1CCN(c2ccc(NC(=O)C34CC5CC(CC(Cl)(C5)C3)C4)c(C)c2)CC1. The van der Waals surface area contributed by atoms with Crippen molar-refractivity contribution in [3.8, 4) is 0 Å². The zero-order valence-electron chi connectivity index (χ0n) is 17.8. The van der Waals surface area contributed by atoms with Crippen LogP contribution in [0.2, 0.25) is 0 Å². The van der Waals surface area contributed by atoms with Crippen LogP contribution in [-0.2, 0) is 4.79 Å². The smallest absolute Gasteiger partial charge is 0.230 e. The lowest BCUT2D eigenvalue weighted by Gasteiger charge is -2.59. The number of anilines is 2. The van der Waals surface area contributed by atoms with Crippen molar-refractivity contribution in [1.82, 2.24) is 4.90 Å². The fourth-order valence-electron chi connectivity index (χ4n) is 6.98. The highest BCUT2D eigenvalue weighted by molar-refractivity contribution is 6.24. The summed E-state index contributed by atoms with van der Waals surface area (Å²) in [5, 5.41) is 3.31. The van der Waals surface area contributed by atoms with Gasteiger partial charge in [0.1, 0.15) is 0 Å². The van der Waals surface area contributed by atoms with Crippen molar-refractivity contribution in [1.29, 1.82) is 0 Å². The predicted molar refractivity (Wildman–Crippen MR) is 120 cm³/mol. The summed E-state index contributed by atoms with van der Waals surface area (Å²) in [6, 6.07) is 6.51. The van der Waals surface area contributed by atoms with Crippen molar-refractivity contribution in [3.05, 3.63) is 23.8 Å². The molecule has 5 aliphatic rings. The minimum absolute atomic E-state index is 0.124. The molecule has 1 N–H and O–H groups in total. The highest BCUT2D eigenvalue weighted by Crippen LogP contribution is 2.64. The predicted octanol–water partition coefficient (Wildman–Crippen LogP) is 4.65. The largest absolute Gasteiger partial charge is 0.369 e. The molecule has 2 unspecified atom stereocenters. The van der Waals surface area contributed by atoms with Crippen LogP contribution in [0.4, 0.5) is 11.4 Å². The fourth-order valence-corrected chi connectivity index (χ4v) is 7.67. The lowest BCUT2D eigenvalue weighted by molar-refractivity contribution is -0.138. The number of hydrogen-bond acceptors (Lipinski definition) is 3. The molecule has 4 bridgehead atoms. The van der Waals surface area contributed by atoms with Gasteiger partial charge in [0.2, 0.25) is 5.91 Å². The van der Waals surface area contributed by atoms with Crippen LogP contribution in [0, 0.1) is 24.2 Å². The fraction of sp³-hybridized carbons (Fsp3) is 0.708. The van der Waals surface area contributed by atoms with E-state index in [1.807, 2.05) is 0 Å². The molecule has 0 spiro atoms. The van der Waals surface area contributed by atoms with Gasteiger partial charge in [-0.25, -0.2) is 0 Å². The van der Waals surface area contributed by atoms with E-state index in [1.54, 1.807) is 0 Å². The number of piperazine rings is 1. The van der Waals surface area contributed by atoms with Crippen LogP contribution in [0.5, 0.6) is 0 Å². The van der Waals surface area contributed by atoms with E-state index in [2.05, 4.69) is 47.2 Å². The molecular formula is C24H34ClN3O. The first-order valence-electron chi connectivity index (χ1n) is 11.5. The number of hydrogen-bond donors (Lipinski definition) is 1. The van der Waals surface area contributed by atoms with Gasteiger partial charge in [0.25, 0.3) is 0 Å². The number of amides is 1. The molecule has 158 valence electrons. The van der Waals surface area contributed by atoms with E-state index in [-0.39, 0.29) is 16.2 Å². The summed E-state index contributed by atoms with van der Waals surface area (Å²) in [6.45, 7) is 9.87. The van der Waals surface area contributed by atoms with E-state index in [0.29, 0.717) is 11.8 Å². The molecular weight excluding hydrogens is 382 g/mol. The Kier molecular flexibility index (Phi) is 4.86. The molecule has 1 saturated heterocycles. The highest BCUT2D eigenvalue weighted by Gasteiger charge is 2.60. The number of carbonyl (C=O) groups is 1. The van der Waals surface area contributed by atoms with Crippen LogP contribution in [0.1, 0.15) is 51.0 Å². The highest BCUT2D eigenvalue weighted by atomic mass is 35.5. The number of aryl methyl sites for hydroxylation is 1. The van der Waals surface area contributed by atoms with Gasteiger partial charge >= 0.3 is 0 Å². The molecule has 0 aromatic heterocycles. The molecule has 2 atom stereocenters. The van der Waals surface area contributed by atoms with Gasteiger partial charge in [-0.05, 0) is 87.6 Å². The van der Waals surface area contributed by atoms with Gasteiger partial charge < -0.3 is 15.1 Å². The van der Waals surface area contributed by atoms with E-state index >= 15 is 0 Å². The van der Waals surface area contributed by atoms with E-state index in [9.17, 15) is 4.79 Å². The summed E-state index contributed by atoms with van der Waals surface area (Å²) in [5.74, 6) is 1.50.